The summed E-state index contributed by atoms with van der Waals surface area (Å²) in [6.45, 7) is 0.110. The van der Waals surface area contributed by atoms with Crippen molar-refractivity contribution in [1.82, 2.24) is 10.6 Å². The van der Waals surface area contributed by atoms with Crippen LogP contribution in [0.4, 0.5) is 0 Å². The van der Waals surface area contributed by atoms with E-state index in [0.29, 0.717) is 0 Å². The number of amides is 2. The molecule has 0 aliphatic heterocycles. The standard InChI is InChI=1S/C23H30N2O2/c26-21(25-20-7-3-5-18-4-1-2-6-19(18)20)14-24-22(27)23-11-15-8-16(12-23)10-17(9-15)13-23/h1-2,4,6,15-17,20H,3,5,7-14H2,(H,24,27)(H,25,26). The van der Waals surface area contributed by atoms with E-state index in [9.17, 15) is 9.59 Å². The molecular formula is C23H30N2O2. The Hall–Kier alpha value is -1.84. The molecular weight excluding hydrogens is 336 g/mol. The van der Waals surface area contributed by atoms with E-state index in [1.54, 1.807) is 0 Å². The van der Waals surface area contributed by atoms with Crippen LogP contribution in [0.15, 0.2) is 24.3 Å². The van der Waals surface area contributed by atoms with Crippen molar-refractivity contribution in [3.63, 3.8) is 0 Å². The van der Waals surface area contributed by atoms with Crippen molar-refractivity contribution in [2.45, 2.75) is 63.8 Å². The minimum absolute atomic E-state index is 0.0604. The van der Waals surface area contributed by atoms with Crippen LogP contribution in [-0.4, -0.2) is 18.4 Å². The molecule has 4 saturated carbocycles. The summed E-state index contributed by atoms with van der Waals surface area (Å²) in [7, 11) is 0. The Morgan fingerprint density at radius 2 is 1.67 bits per heavy atom. The van der Waals surface area contributed by atoms with E-state index in [2.05, 4.69) is 28.8 Å². The smallest absolute Gasteiger partial charge is 0.239 e. The Balaban J connectivity index is 1.19. The highest BCUT2D eigenvalue weighted by Crippen LogP contribution is 2.60. The number of aryl methyl sites for hydroxylation is 1. The number of hydrogen-bond donors (Lipinski definition) is 2. The van der Waals surface area contributed by atoms with E-state index in [0.717, 1.165) is 56.3 Å². The number of rotatable bonds is 4. The van der Waals surface area contributed by atoms with Crippen LogP contribution in [-0.2, 0) is 16.0 Å². The third kappa shape index (κ3) is 3.17. The molecule has 1 aromatic rings. The second kappa shape index (κ2) is 6.65. The fraction of sp³-hybridized carbons (Fsp3) is 0.652. The molecule has 4 heteroatoms. The maximum atomic E-state index is 13.0. The highest BCUT2D eigenvalue weighted by Gasteiger charge is 2.54. The third-order valence-corrected chi connectivity index (χ3v) is 7.63. The summed E-state index contributed by atoms with van der Waals surface area (Å²) >= 11 is 0. The first-order valence-corrected chi connectivity index (χ1v) is 10.8. The van der Waals surface area contributed by atoms with Gasteiger partial charge >= 0.3 is 0 Å². The van der Waals surface area contributed by atoms with Crippen LogP contribution in [0.1, 0.15) is 68.5 Å². The Kier molecular flexibility index (Phi) is 4.25. The van der Waals surface area contributed by atoms with Crippen molar-refractivity contribution in [2.75, 3.05) is 6.54 Å². The zero-order valence-corrected chi connectivity index (χ0v) is 16.0. The molecule has 144 valence electrons. The van der Waals surface area contributed by atoms with Gasteiger partial charge < -0.3 is 10.6 Å². The van der Waals surface area contributed by atoms with Crippen LogP contribution in [0.25, 0.3) is 0 Å². The van der Waals surface area contributed by atoms with Crippen molar-refractivity contribution >= 4 is 11.8 Å². The first-order chi connectivity index (χ1) is 13.1. The van der Waals surface area contributed by atoms with Gasteiger partial charge in [0.05, 0.1) is 12.6 Å². The molecule has 0 aromatic heterocycles. The van der Waals surface area contributed by atoms with Crippen molar-refractivity contribution in [2.24, 2.45) is 23.2 Å². The van der Waals surface area contributed by atoms with Crippen molar-refractivity contribution < 1.29 is 9.59 Å². The number of carbonyl (C=O) groups excluding carboxylic acids is 2. The van der Waals surface area contributed by atoms with Gasteiger partial charge in [0.2, 0.25) is 11.8 Å². The minimum Gasteiger partial charge on any atom is -0.348 e. The molecule has 5 aliphatic rings. The SMILES string of the molecule is O=C(CNC(=O)C12CC3CC(CC(C3)C1)C2)NC1CCCc2ccccc21. The normalized spacial score (nSPS) is 36.1. The first-order valence-electron chi connectivity index (χ1n) is 10.8. The second-order valence-electron chi connectivity index (χ2n) is 9.59. The lowest BCUT2D eigenvalue weighted by Crippen LogP contribution is -2.54. The van der Waals surface area contributed by atoms with Gasteiger partial charge in [0.25, 0.3) is 0 Å². The van der Waals surface area contributed by atoms with Crippen molar-refractivity contribution in [3.05, 3.63) is 35.4 Å². The number of fused-ring (bicyclic) bond motifs is 1. The van der Waals surface area contributed by atoms with Gasteiger partial charge in [-0.25, -0.2) is 0 Å². The highest BCUT2D eigenvalue weighted by atomic mass is 16.2. The molecule has 4 fully saturated rings. The Morgan fingerprint density at radius 3 is 2.37 bits per heavy atom. The van der Waals surface area contributed by atoms with Crippen LogP contribution in [0.5, 0.6) is 0 Å². The fourth-order valence-corrected chi connectivity index (χ4v) is 6.89. The molecule has 2 N–H and O–H groups in total. The molecule has 0 heterocycles. The van der Waals surface area contributed by atoms with Crippen molar-refractivity contribution in [1.29, 1.82) is 0 Å². The van der Waals surface area contributed by atoms with E-state index in [1.807, 2.05) is 6.07 Å². The average Bonchev–Trinajstić information content (AvgIpc) is 2.65. The summed E-state index contributed by atoms with van der Waals surface area (Å²) in [4.78, 5) is 25.5. The number of nitrogens with one attached hydrogen (secondary N) is 2. The molecule has 1 aromatic carbocycles. The summed E-state index contributed by atoms with van der Waals surface area (Å²) in [5, 5.41) is 6.15. The molecule has 0 radical (unpaired) electrons. The molecule has 5 aliphatic carbocycles. The summed E-state index contributed by atoms with van der Waals surface area (Å²) in [6, 6.07) is 8.46. The topological polar surface area (TPSA) is 58.2 Å². The van der Waals surface area contributed by atoms with Crippen molar-refractivity contribution in [3.8, 4) is 0 Å². The summed E-state index contributed by atoms with van der Waals surface area (Å²) < 4.78 is 0. The summed E-state index contributed by atoms with van der Waals surface area (Å²) in [5.74, 6) is 2.31. The minimum atomic E-state index is -0.174. The van der Waals surface area contributed by atoms with Gasteiger partial charge in [-0.2, -0.15) is 0 Å². The van der Waals surface area contributed by atoms with E-state index in [-0.39, 0.29) is 29.8 Å². The average molecular weight is 367 g/mol. The van der Waals surface area contributed by atoms with Gasteiger partial charge in [-0.15, -0.1) is 0 Å². The zero-order valence-electron chi connectivity index (χ0n) is 16.0. The summed E-state index contributed by atoms with van der Waals surface area (Å²) in [6.07, 6.45) is 10.3. The Morgan fingerprint density at radius 1 is 1.00 bits per heavy atom. The zero-order chi connectivity index (χ0) is 18.4. The van der Waals surface area contributed by atoms with Gasteiger partial charge in [-0.1, -0.05) is 24.3 Å². The molecule has 4 bridgehead atoms. The number of hydrogen-bond acceptors (Lipinski definition) is 2. The quantitative estimate of drug-likeness (QED) is 0.857. The highest BCUT2D eigenvalue weighted by molar-refractivity contribution is 5.88. The molecule has 27 heavy (non-hydrogen) atoms. The first kappa shape index (κ1) is 17.3. The molecule has 0 saturated heterocycles. The molecule has 2 amide bonds. The second-order valence-corrected chi connectivity index (χ2v) is 9.59. The predicted octanol–water partition coefficient (Wildman–Crippen LogP) is 3.51. The molecule has 6 rings (SSSR count). The largest absolute Gasteiger partial charge is 0.348 e. The molecule has 1 atom stereocenters. The van der Waals surface area contributed by atoms with E-state index in [4.69, 9.17) is 0 Å². The molecule has 0 spiro atoms. The number of carbonyl (C=O) groups is 2. The van der Waals surface area contributed by atoms with Gasteiger partial charge in [0.15, 0.2) is 0 Å². The molecule has 4 nitrogen and oxygen atoms in total. The van der Waals surface area contributed by atoms with Crippen LogP contribution >= 0.6 is 0 Å². The lowest BCUT2D eigenvalue weighted by atomic mass is 9.49. The van der Waals surface area contributed by atoms with Crippen LogP contribution in [0.3, 0.4) is 0 Å². The van der Waals surface area contributed by atoms with Crippen LogP contribution < -0.4 is 10.6 Å². The predicted molar refractivity (Wildman–Crippen MR) is 104 cm³/mol. The van der Waals surface area contributed by atoms with Gasteiger partial charge in [0, 0.05) is 5.41 Å². The lowest BCUT2D eigenvalue weighted by molar-refractivity contribution is -0.147. The molecule has 1 unspecified atom stereocenters. The van der Waals surface area contributed by atoms with E-state index < -0.39 is 0 Å². The maximum absolute atomic E-state index is 13.0. The summed E-state index contributed by atoms with van der Waals surface area (Å²) in [5.41, 5.74) is 2.41. The van der Waals surface area contributed by atoms with Gasteiger partial charge in [-0.3, -0.25) is 9.59 Å². The van der Waals surface area contributed by atoms with Gasteiger partial charge in [-0.05, 0) is 86.7 Å². The Labute approximate surface area is 161 Å². The maximum Gasteiger partial charge on any atom is 0.239 e. The van der Waals surface area contributed by atoms with Crippen LogP contribution in [0.2, 0.25) is 0 Å². The van der Waals surface area contributed by atoms with Crippen LogP contribution in [0, 0.1) is 23.2 Å². The monoisotopic (exact) mass is 366 g/mol. The van der Waals surface area contributed by atoms with E-state index >= 15 is 0 Å². The third-order valence-electron chi connectivity index (χ3n) is 7.63. The number of benzene rings is 1. The van der Waals surface area contributed by atoms with Gasteiger partial charge in [0.1, 0.15) is 0 Å². The van der Waals surface area contributed by atoms with E-state index in [1.165, 1.54) is 30.4 Å². The lowest BCUT2D eigenvalue weighted by Gasteiger charge is -2.55. The Bertz CT molecular complexity index is 721. The fourth-order valence-electron chi connectivity index (χ4n) is 6.89.